The van der Waals surface area contributed by atoms with E-state index in [1.54, 1.807) is 17.0 Å². The minimum absolute atomic E-state index is 0.0407. The highest BCUT2D eigenvalue weighted by Gasteiger charge is 2.23. The Morgan fingerprint density at radius 1 is 0.970 bits per heavy atom. The summed E-state index contributed by atoms with van der Waals surface area (Å²) in [4.78, 5) is 28.2. The Labute approximate surface area is 195 Å². The summed E-state index contributed by atoms with van der Waals surface area (Å²) in [6.45, 7) is 4.60. The molecule has 2 aliphatic heterocycles. The fourth-order valence-corrected chi connectivity index (χ4v) is 5.18. The number of amides is 2. The molecule has 2 aliphatic rings. The quantitative estimate of drug-likeness (QED) is 0.648. The predicted molar refractivity (Wildman–Crippen MR) is 129 cm³/mol. The van der Waals surface area contributed by atoms with Gasteiger partial charge in [0.25, 0.3) is 0 Å². The van der Waals surface area contributed by atoms with E-state index in [9.17, 15) is 18.0 Å². The molecule has 9 heteroatoms. The van der Waals surface area contributed by atoms with Crippen molar-refractivity contribution in [2.45, 2.75) is 37.5 Å². The van der Waals surface area contributed by atoms with E-state index in [2.05, 4.69) is 21.9 Å². The third-order valence-corrected chi connectivity index (χ3v) is 7.67. The molecular weight excluding hydrogens is 440 g/mol. The number of hydrogen-bond acceptors (Lipinski definition) is 5. The van der Waals surface area contributed by atoms with Gasteiger partial charge in [0.2, 0.25) is 21.8 Å². The van der Waals surface area contributed by atoms with E-state index in [1.165, 1.54) is 25.0 Å². The molecule has 0 spiro atoms. The molecule has 0 saturated carbocycles. The third kappa shape index (κ3) is 5.72. The Balaban J connectivity index is 1.29. The average molecular weight is 471 g/mol. The van der Waals surface area contributed by atoms with Gasteiger partial charge in [-0.05, 0) is 73.7 Å². The molecular formula is C24H30N4O4S. The number of nitrogens with one attached hydrogen (secondary N) is 2. The number of nitrogens with zero attached hydrogens (tertiary/aromatic N) is 2. The molecule has 33 heavy (non-hydrogen) atoms. The van der Waals surface area contributed by atoms with E-state index < -0.39 is 15.9 Å². The molecule has 176 valence electrons. The van der Waals surface area contributed by atoms with Gasteiger partial charge in [0.05, 0.1) is 11.4 Å². The molecule has 2 aromatic rings. The van der Waals surface area contributed by atoms with Gasteiger partial charge < -0.3 is 15.1 Å². The molecule has 0 atom stereocenters. The predicted octanol–water partition coefficient (Wildman–Crippen LogP) is 2.97. The van der Waals surface area contributed by atoms with E-state index >= 15 is 0 Å². The number of piperidine rings is 1. The van der Waals surface area contributed by atoms with Crippen molar-refractivity contribution in [2.24, 2.45) is 5.92 Å². The van der Waals surface area contributed by atoms with Crippen LogP contribution in [0.25, 0.3) is 0 Å². The summed E-state index contributed by atoms with van der Waals surface area (Å²) in [5, 5.41) is 2.73. The zero-order valence-corrected chi connectivity index (χ0v) is 19.6. The number of carbonyl (C=O) groups excluding carboxylic acids is 2. The largest absolute Gasteiger partial charge is 0.372 e. The Bertz CT molecular complexity index is 1090. The average Bonchev–Trinajstić information content (AvgIpc) is 3.25. The summed E-state index contributed by atoms with van der Waals surface area (Å²) in [5.41, 5.74) is 2.42. The second-order valence-electron chi connectivity index (χ2n) is 8.73. The van der Waals surface area contributed by atoms with Crippen molar-refractivity contribution >= 4 is 38.9 Å². The maximum Gasteiger partial charge on any atom is 0.241 e. The Morgan fingerprint density at radius 3 is 2.21 bits per heavy atom. The highest BCUT2D eigenvalue weighted by molar-refractivity contribution is 7.89. The van der Waals surface area contributed by atoms with Crippen LogP contribution in [0, 0.1) is 5.92 Å². The minimum atomic E-state index is -3.85. The van der Waals surface area contributed by atoms with Gasteiger partial charge >= 0.3 is 0 Å². The van der Waals surface area contributed by atoms with E-state index in [4.69, 9.17) is 0 Å². The van der Waals surface area contributed by atoms with E-state index in [0.29, 0.717) is 24.3 Å². The van der Waals surface area contributed by atoms with Gasteiger partial charge in [0.1, 0.15) is 0 Å². The summed E-state index contributed by atoms with van der Waals surface area (Å²) in [6, 6.07) is 13.7. The number of rotatable bonds is 7. The van der Waals surface area contributed by atoms with Crippen LogP contribution < -0.4 is 19.8 Å². The lowest BCUT2D eigenvalue weighted by molar-refractivity contribution is -0.117. The molecule has 2 amide bonds. The normalized spacial score (nSPS) is 17.4. The molecule has 0 aliphatic carbocycles. The Hall–Kier alpha value is -2.91. The standard InChI is InChI=1S/C24H30N4O4S/c1-18-12-15-27(16-13-18)20-6-4-19(5-7-20)26-23(29)17-25-33(31,32)22-10-8-21(9-11-22)28-14-2-3-24(28)30/h4-11,18,25H,2-3,12-17H2,1H3,(H,26,29). The number of carbonyl (C=O) groups is 2. The fraction of sp³-hybridized carbons (Fsp3) is 0.417. The third-order valence-electron chi connectivity index (χ3n) is 6.25. The summed E-state index contributed by atoms with van der Waals surface area (Å²) < 4.78 is 27.4. The van der Waals surface area contributed by atoms with Crippen molar-refractivity contribution in [3.05, 3.63) is 48.5 Å². The van der Waals surface area contributed by atoms with Crippen LogP contribution in [0.4, 0.5) is 17.1 Å². The van der Waals surface area contributed by atoms with E-state index in [0.717, 1.165) is 31.1 Å². The first-order chi connectivity index (χ1) is 15.8. The smallest absolute Gasteiger partial charge is 0.241 e. The van der Waals surface area contributed by atoms with Crippen LogP contribution in [0.5, 0.6) is 0 Å². The first-order valence-corrected chi connectivity index (χ1v) is 12.8. The van der Waals surface area contributed by atoms with Crippen molar-refractivity contribution in [1.29, 1.82) is 0 Å². The van der Waals surface area contributed by atoms with Gasteiger partial charge in [-0.3, -0.25) is 9.59 Å². The van der Waals surface area contributed by atoms with Gasteiger partial charge in [0.15, 0.2) is 0 Å². The van der Waals surface area contributed by atoms with Gasteiger partial charge in [-0.25, -0.2) is 13.1 Å². The second kappa shape index (κ2) is 9.93. The Morgan fingerprint density at radius 2 is 1.61 bits per heavy atom. The lowest BCUT2D eigenvalue weighted by Crippen LogP contribution is -2.33. The highest BCUT2D eigenvalue weighted by Crippen LogP contribution is 2.25. The molecule has 2 aromatic carbocycles. The summed E-state index contributed by atoms with van der Waals surface area (Å²) >= 11 is 0. The highest BCUT2D eigenvalue weighted by atomic mass is 32.2. The molecule has 0 aromatic heterocycles. The number of anilines is 3. The van der Waals surface area contributed by atoms with E-state index in [1.807, 2.05) is 24.3 Å². The molecule has 2 saturated heterocycles. The molecule has 0 bridgehead atoms. The van der Waals surface area contributed by atoms with Gasteiger partial charge in [-0.1, -0.05) is 6.92 Å². The van der Waals surface area contributed by atoms with Crippen LogP contribution in [0.3, 0.4) is 0 Å². The summed E-state index contributed by atoms with van der Waals surface area (Å²) in [7, 11) is -3.85. The van der Waals surface area contributed by atoms with E-state index in [-0.39, 0.29) is 17.3 Å². The van der Waals surface area contributed by atoms with Gasteiger partial charge in [-0.15, -0.1) is 0 Å². The Kier molecular flexibility index (Phi) is 6.99. The lowest BCUT2D eigenvalue weighted by atomic mass is 9.99. The topological polar surface area (TPSA) is 98.8 Å². The minimum Gasteiger partial charge on any atom is -0.372 e. The molecule has 4 rings (SSSR count). The zero-order chi connectivity index (χ0) is 23.4. The monoisotopic (exact) mass is 470 g/mol. The van der Waals surface area contributed by atoms with Gasteiger partial charge in [0, 0.05) is 43.1 Å². The first kappa shape index (κ1) is 23.3. The van der Waals surface area contributed by atoms with Crippen LogP contribution in [0.15, 0.2) is 53.4 Å². The molecule has 0 radical (unpaired) electrons. The lowest BCUT2D eigenvalue weighted by Gasteiger charge is -2.32. The van der Waals surface area contributed by atoms with Crippen LogP contribution in [-0.2, 0) is 19.6 Å². The molecule has 2 fully saturated rings. The molecule has 0 unspecified atom stereocenters. The molecule has 2 heterocycles. The first-order valence-electron chi connectivity index (χ1n) is 11.4. The second-order valence-corrected chi connectivity index (χ2v) is 10.5. The SMILES string of the molecule is CC1CCN(c2ccc(NC(=O)CNS(=O)(=O)c3ccc(N4CCCC4=O)cc3)cc2)CC1. The summed E-state index contributed by atoms with van der Waals surface area (Å²) in [6.07, 6.45) is 3.67. The van der Waals surface area contributed by atoms with Crippen LogP contribution in [0.1, 0.15) is 32.6 Å². The maximum atomic E-state index is 12.6. The maximum absolute atomic E-state index is 12.6. The van der Waals surface area contributed by atoms with Crippen molar-refractivity contribution in [3.8, 4) is 0 Å². The fourth-order valence-electron chi connectivity index (χ4n) is 4.20. The van der Waals surface area contributed by atoms with Crippen LogP contribution in [-0.4, -0.2) is 46.4 Å². The van der Waals surface area contributed by atoms with Crippen LogP contribution in [0.2, 0.25) is 0 Å². The molecule has 2 N–H and O–H groups in total. The molecule has 8 nitrogen and oxygen atoms in total. The van der Waals surface area contributed by atoms with Crippen molar-refractivity contribution < 1.29 is 18.0 Å². The zero-order valence-electron chi connectivity index (χ0n) is 18.8. The number of benzene rings is 2. The van der Waals surface area contributed by atoms with Gasteiger partial charge in [-0.2, -0.15) is 0 Å². The number of sulfonamides is 1. The number of hydrogen-bond donors (Lipinski definition) is 2. The van der Waals surface area contributed by atoms with Crippen molar-refractivity contribution in [2.75, 3.05) is 41.3 Å². The van der Waals surface area contributed by atoms with Crippen molar-refractivity contribution in [3.63, 3.8) is 0 Å². The van der Waals surface area contributed by atoms with Crippen LogP contribution >= 0.6 is 0 Å². The van der Waals surface area contributed by atoms with Crippen molar-refractivity contribution in [1.82, 2.24) is 4.72 Å². The summed E-state index contributed by atoms with van der Waals surface area (Å²) in [5.74, 6) is 0.354.